The lowest BCUT2D eigenvalue weighted by molar-refractivity contribution is -0.135. The van der Waals surface area contributed by atoms with E-state index in [1.54, 1.807) is 0 Å². The van der Waals surface area contributed by atoms with Gasteiger partial charge < -0.3 is 16.0 Å². The summed E-state index contributed by atoms with van der Waals surface area (Å²) in [5.74, 6) is 0.328. The third-order valence-corrected chi connectivity index (χ3v) is 5.85. The van der Waals surface area contributed by atoms with Crippen LogP contribution < -0.4 is 11.1 Å². The van der Waals surface area contributed by atoms with Crippen molar-refractivity contribution in [1.29, 1.82) is 0 Å². The van der Waals surface area contributed by atoms with Crippen molar-refractivity contribution in [2.45, 2.75) is 31.3 Å². The highest BCUT2D eigenvalue weighted by molar-refractivity contribution is 5.87. The first-order valence-corrected chi connectivity index (χ1v) is 9.49. The number of nitrogens with two attached hydrogens (primary N) is 1. The number of carbonyl (C=O) groups is 2. The van der Waals surface area contributed by atoms with Crippen LogP contribution in [0.2, 0.25) is 0 Å². The van der Waals surface area contributed by atoms with E-state index in [2.05, 4.69) is 17.4 Å². The Hall–Kier alpha value is -2.66. The van der Waals surface area contributed by atoms with Crippen molar-refractivity contribution in [2.75, 3.05) is 13.1 Å². The molecule has 5 heteroatoms. The molecule has 2 aromatic rings. The minimum Gasteiger partial charge on any atom is -0.344 e. The van der Waals surface area contributed by atoms with E-state index >= 15 is 0 Å². The molecular formula is C22H25N3O2. The van der Waals surface area contributed by atoms with Gasteiger partial charge in [0.1, 0.15) is 6.04 Å². The fraction of sp³-hybridized carbons (Fsp3) is 0.364. The SMILES string of the molecule is CC(=O)N[C@@H](Cc1ccccc1)C(=O)N1C[C@@H]2[C@@H](N)c3ccccc3[C@@H]2C1. The maximum Gasteiger partial charge on any atom is 0.245 e. The quantitative estimate of drug-likeness (QED) is 0.872. The molecular weight excluding hydrogens is 338 g/mol. The fourth-order valence-electron chi connectivity index (χ4n) is 4.60. The Balaban J connectivity index is 1.52. The second-order valence-corrected chi connectivity index (χ2v) is 7.61. The Morgan fingerprint density at radius 3 is 2.44 bits per heavy atom. The first-order valence-electron chi connectivity index (χ1n) is 9.49. The lowest BCUT2D eigenvalue weighted by Crippen LogP contribution is -2.48. The number of nitrogens with zero attached hydrogens (tertiary/aromatic N) is 1. The van der Waals surface area contributed by atoms with Crippen molar-refractivity contribution in [2.24, 2.45) is 11.7 Å². The molecule has 0 aromatic heterocycles. The predicted octanol–water partition coefficient (Wildman–Crippen LogP) is 1.99. The van der Waals surface area contributed by atoms with Crippen LogP contribution in [-0.2, 0) is 16.0 Å². The minimum absolute atomic E-state index is 0.0202. The van der Waals surface area contributed by atoms with Gasteiger partial charge in [-0.15, -0.1) is 0 Å². The highest BCUT2D eigenvalue weighted by atomic mass is 16.2. The summed E-state index contributed by atoms with van der Waals surface area (Å²) in [6.45, 7) is 2.76. The zero-order valence-corrected chi connectivity index (χ0v) is 15.5. The first kappa shape index (κ1) is 17.7. The normalized spacial score (nSPS) is 24.2. The van der Waals surface area contributed by atoms with Gasteiger partial charge in [-0.1, -0.05) is 54.6 Å². The maximum absolute atomic E-state index is 13.2. The van der Waals surface area contributed by atoms with Gasteiger partial charge in [-0.05, 0) is 16.7 Å². The molecule has 0 spiro atoms. The van der Waals surface area contributed by atoms with Gasteiger partial charge in [0.2, 0.25) is 11.8 Å². The van der Waals surface area contributed by atoms with Crippen molar-refractivity contribution < 1.29 is 9.59 Å². The summed E-state index contributed by atoms with van der Waals surface area (Å²) in [5.41, 5.74) is 9.98. The van der Waals surface area contributed by atoms with E-state index in [1.165, 1.54) is 18.1 Å². The topological polar surface area (TPSA) is 75.4 Å². The summed E-state index contributed by atoms with van der Waals surface area (Å²) >= 11 is 0. The summed E-state index contributed by atoms with van der Waals surface area (Å²) in [6.07, 6.45) is 0.494. The van der Waals surface area contributed by atoms with Gasteiger partial charge in [0, 0.05) is 44.3 Å². The number of fused-ring (bicyclic) bond motifs is 3. The van der Waals surface area contributed by atoms with Crippen LogP contribution in [0, 0.1) is 5.92 Å². The van der Waals surface area contributed by atoms with E-state index in [0.717, 1.165) is 5.56 Å². The number of hydrogen-bond donors (Lipinski definition) is 2. The van der Waals surface area contributed by atoms with Crippen molar-refractivity contribution in [1.82, 2.24) is 10.2 Å². The number of rotatable bonds is 4. The van der Waals surface area contributed by atoms with Gasteiger partial charge in [-0.3, -0.25) is 9.59 Å². The van der Waals surface area contributed by atoms with Gasteiger partial charge in [0.05, 0.1) is 0 Å². The molecule has 1 fully saturated rings. The average Bonchev–Trinajstić information content (AvgIpc) is 3.21. The summed E-state index contributed by atoms with van der Waals surface area (Å²) in [4.78, 5) is 26.8. The van der Waals surface area contributed by atoms with Gasteiger partial charge >= 0.3 is 0 Å². The van der Waals surface area contributed by atoms with E-state index in [4.69, 9.17) is 5.73 Å². The second kappa shape index (κ2) is 7.16. The molecule has 1 saturated heterocycles. The van der Waals surface area contributed by atoms with Crippen LogP contribution in [0.5, 0.6) is 0 Å². The summed E-state index contributed by atoms with van der Waals surface area (Å²) in [5, 5.41) is 2.84. The molecule has 1 aliphatic carbocycles. The Kier molecular flexibility index (Phi) is 4.70. The Labute approximate surface area is 159 Å². The largest absolute Gasteiger partial charge is 0.344 e. The molecule has 0 radical (unpaired) electrons. The standard InChI is InChI=1S/C22H25N3O2/c1-14(26)24-20(11-15-7-3-2-4-8-15)22(27)25-12-18-16-9-5-6-10-17(16)21(23)19(18)13-25/h2-10,18-21H,11-13,23H2,1H3,(H,24,26)/t18-,19-,20-,21-/m0/s1. The number of carbonyl (C=O) groups excluding carboxylic acids is 2. The number of benzene rings is 2. The minimum atomic E-state index is -0.546. The molecule has 4 atom stereocenters. The number of hydrogen-bond acceptors (Lipinski definition) is 3. The maximum atomic E-state index is 13.2. The van der Waals surface area contributed by atoms with Gasteiger partial charge in [0.25, 0.3) is 0 Å². The third-order valence-electron chi connectivity index (χ3n) is 5.85. The van der Waals surface area contributed by atoms with Crippen LogP contribution in [0.4, 0.5) is 0 Å². The van der Waals surface area contributed by atoms with Crippen molar-refractivity contribution >= 4 is 11.8 Å². The van der Waals surface area contributed by atoms with Crippen LogP contribution in [0.15, 0.2) is 54.6 Å². The Morgan fingerprint density at radius 1 is 1.07 bits per heavy atom. The third kappa shape index (κ3) is 3.35. The molecule has 2 aliphatic rings. The molecule has 140 valence electrons. The summed E-state index contributed by atoms with van der Waals surface area (Å²) in [7, 11) is 0. The molecule has 4 rings (SSSR count). The van der Waals surface area contributed by atoms with E-state index in [1.807, 2.05) is 47.4 Å². The zero-order valence-electron chi connectivity index (χ0n) is 15.5. The molecule has 0 bridgehead atoms. The van der Waals surface area contributed by atoms with E-state index in [0.29, 0.717) is 19.5 Å². The van der Waals surface area contributed by atoms with Crippen LogP contribution >= 0.6 is 0 Å². The van der Waals surface area contributed by atoms with E-state index < -0.39 is 6.04 Å². The van der Waals surface area contributed by atoms with E-state index in [9.17, 15) is 9.59 Å². The highest BCUT2D eigenvalue weighted by Crippen LogP contribution is 2.48. The van der Waals surface area contributed by atoms with Crippen LogP contribution in [-0.4, -0.2) is 35.8 Å². The molecule has 0 saturated carbocycles. The molecule has 2 amide bonds. The van der Waals surface area contributed by atoms with Crippen LogP contribution in [0.1, 0.15) is 35.6 Å². The Bertz CT molecular complexity index is 852. The first-order chi connectivity index (χ1) is 13.0. The van der Waals surface area contributed by atoms with Crippen LogP contribution in [0.25, 0.3) is 0 Å². The molecule has 1 heterocycles. The molecule has 27 heavy (non-hydrogen) atoms. The molecule has 3 N–H and O–H groups in total. The highest BCUT2D eigenvalue weighted by Gasteiger charge is 2.46. The van der Waals surface area contributed by atoms with Crippen LogP contribution in [0.3, 0.4) is 0 Å². The molecule has 5 nitrogen and oxygen atoms in total. The zero-order chi connectivity index (χ0) is 19.0. The Morgan fingerprint density at radius 2 is 1.74 bits per heavy atom. The summed E-state index contributed by atoms with van der Waals surface area (Å²) in [6, 6.07) is 17.5. The smallest absolute Gasteiger partial charge is 0.245 e. The average molecular weight is 363 g/mol. The van der Waals surface area contributed by atoms with Gasteiger partial charge in [-0.25, -0.2) is 0 Å². The van der Waals surface area contributed by atoms with Gasteiger partial charge in [-0.2, -0.15) is 0 Å². The number of nitrogens with one attached hydrogen (secondary N) is 1. The summed E-state index contributed by atoms with van der Waals surface area (Å²) < 4.78 is 0. The van der Waals surface area contributed by atoms with E-state index in [-0.39, 0.29) is 29.7 Å². The fourth-order valence-corrected chi connectivity index (χ4v) is 4.60. The van der Waals surface area contributed by atoms with Gasteiger partial charge in [0.15, 0.2) is 0 Å². The molecule has 2 aromatic carbocycles. The molecule has 1 aliphatic heterocycles. The second-order valence-electron chi connectivity index (χ2n) is 7.61. The van der Waals surface area contributed by atoms with Crippen molar-refractivity contribution in [3.05, 3.63) is 71.3 Å². The predicted molar refractivity (Wildman–Crippen MR) is 104 cm³/mol. The lowest BCUT2D eigenvalue weighted by Gasteiger charge is -2.25. The lowest BCUT2D eigenvalue weighted by atomic mass is 9.95. The van der Waals surface area contributed by atoms with Crippen molar-refractivity contribution in [3.8, 4) is 0 Å². The molecule has 0 unspecified atom stereocenters. The number of amides is 2. The van der Waals surface area contributed by atoms with Crippen molar-refractivity contribution in [3.63, 3.8) is 0 Å². The monoisotopic (exact) mass is 363 g/mol. The number of likely N-dealkylation sites (tertiary alicyclic amines) is 1.